The molecule has 1 aliphatic heterocycles. The van der Waals surface area contributed by atoms with Crippen molar-refractivity contribution in [2.24, 2.45) is 0 Å². The third-order valence-electron chi connectivity index (χ3n) is 5.23. The quantitative estimate of drug-likeness (QED) is 0.574. The standard InChI is InChI=1S/C20H23N5O4S2/c1-29-17-7-3-2-5-15(17)21-19(26)9-10-24-11-13-25(14-12-24)31(27,28)18-8-4-6-16-20(18)23-30-22-16/h2-8H,9-14H2,1H3,(H,21,26). The minimum Gasteiger partial charge on any atom is -0.495 e. The normalized spacial score (nSPS) is 15.8. The summed E-state index contributed by atoms with van der Waals surface area (Å²) in [6, 6.07) is 12.3. The maximum atomic E-state index is 13.1. The average molecular weight is 462 g/mol. The Morgan fingerprint density at radius 2 is 1.87 bits per heavy atom. The maximum absolute atomic E-state index is 13.1. The van der Waals surface area contributed by atoms with Crippen molar-refractivity contribution in [2.75, 3.05) is 45.2 Å². The summed E-state index contributed by atoms with van der Waals surface area (Å²) in [4.78, 5) is 14.6. The predicted octanol–water partition coefficient (Wildman–Crippen LogP) is 2.04. The van der Waals surface area contributed by atoms with Crippen molar-refractivity contribution in [1.29, 1.82) is 0 Å². The number of carbonyl (C=O) groups is 1. The lowest BCUT2D eigenvalue weighted by molar-refractivity contribution is -0.116. The summed E-state index contributed by atoms with van der Waals surface area (Å²) in [7, 11) is -2.08. The summed E-state index contributed by atoms with van der Waals surface area (Å²) in [5.74, 6) is 0.502. The van der Waals surface area contributed by atoms with Crippen molar-refractivity contribution in [2.45, 2.75) is 11.3 Å². The predicted molar refractivity (Wildman–Crippen MR) is 119 cm³/mol. The molecule has 3 aromatic rings. The highest BCUT2D eigenvalue weighted by Crippen LogP contribution is 2.25. The number of nitrogens with one attached hydrogen (secondary N) is 1. The molecule has 0 aliphatic carbocycles. The molecular weight excluding hydrogens is 438 g/mol. The van der Waals surface area contributed by atoms with Gasteiger partial charge in [0.15, 0.2) is 0 Å². The van der Waals surface area contributed by atoms with E-state index in [2.05, 4.69) is 19.0 Å². The molecule has 1 fully saturated rings. The molecule has 11 heteroatoms. The van der Waals surface area contributed by atoms with Gasteiger partial charge in [0.05, 0.1) is 24.5 Å². The molecule has 0 saturated carbocycles. The van der Waals surface area contributed by atoms with E-state index in [1.54, 1.807) is 37.4 Å². The molecular formula is C20H23N5O4S2. The van der Waals surface area contributed by atoms with E-state index in [9.17, 15) is 13.2 Å². The van der Waals surface area contributed by atoms with Crippen LogP contribution in [0.5, 0.6) is 5.75 Å². The minimum absolute atomic E-state index is 0.109. The van der Waals surface area contributed by atoms with Gasteiger partial charge in [-0.2, -0.15) is 13.1 Å². The van der Waals surface area contributed by atoms with Gasteiger partial charge in [-0.25, -0.2) is 8.42 Å². The van der Waals surface area contributed by atoms with Gasteiger partial charge < -0.3 is 15.0 Å². The van der Waals surface area contributed by atoms with Crippen LogP contribution in [0.3, 0.4) is 0 Å². The van der Waals surface area contributed by atoms with E-state index in [4.69, 9.17) is 4.74 Å². The highest BCUT2D eigenvalue weighted by molar-refractivity contribution is 7.89. The topological polar surface area (TPSA) is 105 Å². The molecule has 164 valence electrons. The van der Waals surface area contributed by atoms with Crippen molar-refractivity contribution < 1.29 is 17.9 Å². The number of benzene rings is 2. The Labute approximate surface area is 185 Å². The number of aromatic nitrogens is 2. The number of hydrogen-bond acceptors (Lipinski definition) is 8. The molecule has 0 atom stereocenters. The molecule has 0 bridgehead atoms. The van der Waals surface area contributed by atoms with E-state index < -0.39 is 10.0 Å². The van der Waals surface area contributed by atoms with E-state index >= 15 is 0 Å². The molecule has 1 saturated heterocycles. The van der Waals surface area contributed by atoms with Gasteiger partial charge in [0.25, 0.3) is 0 Å². The Bertz CT molecular complexity index is 1170. The number of piperazine rings is 1. The fourth-order valence-electron chi connectivity index (χ4n) is 3.54. The van der Waals surface area contributed by atoms with Gasteiger partial charge in [0.2, 0.25) is 15.9 Å². The fraction of sp³-hybridized carbons (Fsp3) is 0.350. The summed E-state index contributed by atoms with van der Waals surface area (Å²) < 4.78 is 41.2. The van der Waals surface area contributed by atoms with Crippen LogP contribution in [0, 0.1) is 0 Å². The lowest BCUT2D eigenvalue weighted by atomic mass is 10.2. The van der Waals surface area contributed by atoms with Gasteiger partial charge in [0.1, 0.15) is 21.7 Å². The van der Waals surface area contributed by atoms with Crippen LogP contribution in [-0.4, -0.2) is 72.1 Å². The van der Waals surface area contributed by atoms with Gasteiger partial charge in [-0.1, -0.05) is 18.2 Å². The number of hydrogen-bond donors (Lipinski definition) is 1. The van der Waals surface area contributed by atoms with Crippen molar-refractivity contribution in [3.05, 3.63) is 42.5 Å². The second-order valence-electron chi connectivity index (χ2n) is 7.13. The van der Waals surface area contributed by atoms with Crippen LogP contribution in [0.4, 0.5) is 5.69 Å². The number of rotatable bonds is 7. The molecule has 2 aromatic carbocycles. The zero-order valence-electron chi connectivity index (χ0n) is 17.0. The number of anilines is 1. The third kappa shape index (κ3) is 4.69. The number of nitrogens with zero attached hydrogens (tertiary/aromatic N) is 4. The Balaban J connectivity index is 1.31. The summed E-state index contributed by atoms with van der Waals surface area (Å²) in [5, 5.41) is 2.86. The molecule has 0 radical (unpaired) electrons. The molecule has 9 nitrogen and oxygen atoms in total. The second kappa shape index (κ2) is 9.27. The van der Waals surface area contributed by atoms with Gasteiger partial charge in [-0.3, -0.25) is 4.79 Å². The van der Waals surface area contributed by atoms with Gasteiger partial charge in [0, 0.05) is 39.1 Å². The van der Waals surface area contributed by atoms with Crippen LogP contribution in [0.25, 0.3) is 11.0 Å². The van der Waals surface area contributed by atoms with Crippen molar-refractivity contribution in [3.8, 4) is 5.75 Å². The number of fused-ring (bicyclic) bond motifs is 1. The monoisotopic (exact) mass is 461 g/mol. The van der Waals surface area contributed by atoms with E-state index in [0.717, 1.165) is 11.7 Å². The molecule has 2 heterocycles. The minimum atomic E-state index is -3.64. The van der Waals surface area contributed by atoms with Crippen molar-refractivity contribution in [1.82, 2.24) is 18.0 Å². The Hall–Kier alpha value is -2.60. The maximum Gasteiger partial charge on any atom is 0.245 e. The van der Waals surface area contributed by atoms with Crippen LogP contribution < -0.4 is 10.1 Å². The molecule has 0 spiro atoms. The first-order valence-corrected chi connectivity index (χ1v) is 12.0. The Morgan fingerprint density at radius 3 is 2.65 bits per heavy atom. The number of carbonyl (C=O) groups excluding carboxylic acids is 1. The molecule has 4 rings (SSSR count). The summed E-state index contributed by atoms with van der Waals surface area (Å²) in [6.07, 6.45) is 0.314. The van der Waals surface area contributed by atoms with Crippen LogP contribution in [0.2, 0.25) is 0 Å². The number of ether oxygens (including phenoxy) is 1. The first-order valence-electron chi connectivity index (χ1n) is 9.85. The largest absolute Gasteiger partial charge is 0.495 e. The van der Waals surface area contributed by atoms with Crippen molar-refractivity contribution >= 4 is 44.4 Å². The number of methoxy groups -OCH3 is 1. The lowest BCUT2D eigenvalue weighted by Crippen LogP contribution is -2.49. The fourth-order valence-corrected chi connectivity index (χ4v) is 5.72. The molecule has 0 unspecified atom stereocenters. The third-order valence-corrected chi connectivity index (χ3v) is 7.71. The SMILES string of the molecule is COc1ccccc1NC(=O)CCN1CCN(S(=O)(=O)c2cccc3nsnc23)CC1. The second-order valence-corrected chi connectivity index (χ2v) is 9.57. The summed E-state index contributed by atoms with van der Waals surface area (Å²) >= 11 is 1.01. The number of amides is 1. The lowest BCUT2D eigenvalue weighted by Gasteiger charge is -2.33. The average Bonchev–Trinajstić information content (AvgIpc) is 3.27. The van der Waals surface area contributed by atoms with E-state index in [-0.39, 0.29) is 10.8 Å². The smallest absolute Gasteiger partial charge is 0.245 e. The molecule has 1 N–H and O–H groups in total. The van der Waals surface area contributed by atoms with Crippen LogP contribution in [-0.2, 0) is 14.8 Å². The van der Waals surface area contributed by atoms with E-state index in [1.165, 1.54) is 4.31 Å². The van der Waals surface area contributed by atoms with E-state index in [1.807, 2.05) is 12.1 Å². The Kier molecular flexibility index (Phi) is 6.46. The van der Waals surface area contributed by atoms with E-state index in [0.29, 0.717) is 61.6 Å². The first kappa shape index (κ1) is 21.6. The molecule has 1 aliphatic rings. The van der Waals surface area contributed by atoms with Crippen LogP contribution >= 0.6 is 11.7 Å². The zero-order valence-corrected chi connectivity index (χ0v) is 18.7. The van der Waals surface area contributed by atoms with Crippen LogP contribution in [0.15, 0.2) is 47.4 Å². The summed E-state index contributed by atoms with van der Waals surface area (Å²) in [6.45, 7) is 2.41. The Morgan fingerprint density at radius 1 is 1.10 bits per heavy atom. The first-order chi connectivity index (χ1) is 15.0. The highest BCUT2D eigenvalue weighted by Gasteiger charge is 2.30. The number of sulfonamides is 1. The summed E-state index contributed by atoms with van der Waals surface area (Å²) in [5.41, 5.74) is 1.64. The van der Waals surface area contributed by atoms with Crippen LogP contribution in [0.1, 0.15) is 6.42 Å². The van der Waals surface area contributed by atoms with Gasteiger partial charge >= 0.3 is 0 Å². The number of para-hydroxylation sites is 2. The van der Waals surface area contributed by atoms with Crippen molar-refractivity contribution in [3.63, 3.8) is 0 Å². The van der Waals surface area contributed by atoms with Gasteiger partial charge in [-0.05, 0) is 24.3 Å². The van der Waals surface area contributed by atoms with Gasteiger partial charge in [-0.15, -0.1) is 0 Å². The molecule has 1 aromatic heterocycles. The molecule has 1 amide bonds. The highest BCUT2D eigenvalue weighted by atomic mass is 32.2. The zero-order chi connectivity index (χ0) is 21.8. The molecule has 31 heavy (non-hydrogen) atoms.